The van der Waals surface area contributed by atoms with Crippen LogP contribution in [-0.2, 0) is 4.74 Å². The van der Waals surface area contributed by atoms with Crippen molar-refractivity contribution in [2.75, 3.05) is 38.7 Å². The summed E-state index contributed by atoms with van der Waals surface area (Å²) in [6.07, 6.45) is 0.791. The maximum Gasteiger partial charge on any atom is 0.293 e. The van der Waals surface area contributed by atoms with Crippen molar-refractivity contribution < 1.29 is 19.6 Å². The highest BCUT2D eigenvalue weighted by atomic mass is 16.6. The number of aliphatic hydroxyl groups is 1. The summed E-state index contributed by atoms with van der Waals surface area (Å²) in [6, 6.07) is 4.30. The third-order valence-electron chi connectivity index (χ3n) is 3.69. The Kier molecular flexibility index (Phi) is 8.87. The number of nitrogens with one attached hydrogen (secondary N) is 2. The predicted molar refractivity (Wildman–Crippen MR) is 95.8 cm³/mol. The molecule has 140 valence electrons. The molecule has 0 saturated carbocycles. The number of carbonyl (C=O) groups excluding carboxylic acids is 1. The van der Waals surface area contributed by atoms with Crippen LogP contribution in [0.25, 0.3) is 0 Å². The van der Waals surface area contributed by atoms with E-state index in [1.54, 1.807) is 7.11 Å². The second-order valence-electron chi connectivity index (χ2n) is 6.30. The third kappa shape index (κ3) is 7.06. The minimum Gasteiger partial charge on any atom is -0.396 e. The van der Waals surface area contributed by atoms with Crippen molar-refractivity contribution in [1.29, 1.82) is 0 Å². The zero-order chi connectivity index (χ0) is 18.8. The first kappa shape index (κ1) is 20.9. The Hall–Kier alpha value is -2.19. The summed E-state index contributed by atoms with van der Waals surface area (Å²) >= 11 is 0. The molecule has 0 aromatic heterocycles. The van der Waals surface area contributed by atoms with Gasteiger partial charge in [-0.1, -0.05) is 13.8 Å². The summed E-state index contributed by atoms with van der Waals surface area (Å²) in [4.78, 5) is 22.9. The van der Waals surface area contributed by atoms with Gasteiger partial charge in [0.05, 0.1) is 11.5 Å². The van der Waals surface area contributed by atoms with Gasteiger partial charge in [-0.3, -0.25) is 14.9 Å². The number of aliphatic hydroxyl groups excluding tert-OH is 1. The van der Waals surface area contributed by atoms with E-state index in [1.807, 2.05) is 13.8 Å². The number of hydrogen-bond acceptors (Lipinski definition) is 6. The minimum atomic E-state index is -0.527. The number of nitro groups is 1. The molecule has 0 spiro atoms. The largest absolute Gasteiger partial charge is 0.396 e. The normalized spacial score (nSPS) is 12.0. The van der Waals surface area contributed by atoms with Gasteiger partial charge in [-0.05, 0) is 30.4 Å². The molecule has 0 saturated heterocycles. The Balaban J connectivity index is 2.78. The number of nitro benzene ring substituents is 1. The molecule has 8 nitrogen and oxygen atoms in total. The number of hydrogen-bond donors (Lipinski definition) is 3. The lowest BCUT2D eigenvalue weighted by Gasteiger charge is -2.17. The summed E-state index contributed by atoms with van der Waals surface area (Å²) < 4.78 is 4.90. The third-order valence-corrected chi connectivity index (χ3v) is 3.69. The zero-order valence-corrected chi connectivity index (χ0v) is 14.9. The maximum absolute atomic E-state index is 12.2. The van der Waals surface area contributed by atoms with Crippen LogP contribution in [0.3, 0.4) is 0 Å². The molecule has 1 rings (SSSR count). The monoisotopic (exact) mass is 353 g/mol. The van der Waals surface area contributed by atoms with Crippen molar-refractivity contribution in [1.82, 2.24) is 5.32 Å². The molecule has 0 bridgehead atoms. The minimum absolute atomic E-state index is 0.0129. The Bertz CT molecular complexity index is 577. The van der Waals surface area contributed by atoms with Gasteiger partial charge in [-0.15, -0.1) is 0 Å². The average molecular weight is 353 g/mol. The number of nitrogens with zero attached hydrogens (tertiary/aromatic N) is 1. The number of rotatable bonds is 11. The van der Waals surface area contributed by atoms with E-state index in [4.69, 9.17) is 4.74 Å². The van der Waals surface area contributed by atoms with Crippen LogP contribution in [0.5, 0.6) is 0 Å². The van der Waals surface area contributed by atoms with E-state index in [0.717, 1.165) is 6.42 Å². The Morgan fingerprint density at radius 1 is 1.40 bits per heavy atom. The first-order valence-corrected chi connectivity index (χ1v) is 8.29. The molecular formula is C17H27N3O5. The van der Waals surface area contributed by atoms with Gasteiger partial charge < -0.3 is 20.5 Å². The van der Waals surface area contributed by atoms with Crippen LogP contribution in [0.4, 0.5) is 11.4 Å². The zero-order valence-electron chi connectivity index (χ0n) is 14.9. The van der Waals surface area contributed by atoms with Gasteiger partial charge in [-0.2, -0.15) is 0 Å². The van der Waals surface area contributed by atoms with E-state index in [9.17, 15) is 20.0 Å². The summed E-state index contributed by atoms with van der Waals surface area (Å²) in [5.41, 5.74) is 0.390. The van der Waals surface area contributed by atoms with Crippen LogP contribution in [0, 0.1) is 22.0 Å². The first-order chi connectivity index (χ1) is 11.9. The lowest BCUT2D eigenvalue weighted by atomic mass is 9.98. The maximum atomic E-state index is 12.2. The van der Waals surface area contributed by atoms with Crippen LogP contribution >= 0.6 is 0 Å². The van der Waals surface area contributed by atoms with Crippen molar-refractivity contribution >= 4 is 17.3 Å². The number of methoxy groups -OCH3 is 1. The van der Waals surface area contributed by atoms with Crippen LogP contribution in [-0.4, -0.2) is 49.4 Å². The standard InChI is InChI=1S/C17H27N3O5/c1-12(2)8-13(11-21)10-19-17(22)14-4-5-15(18-6-7-25-3)16(9-14)20(23)24/h4-5,9,12-13,18,21H,6-8,10-11H2,1-3H3,(H,19,22)/t13-/m1/s1. The lowest BCUT2D eigenvalue weighted by Crippen LogP contribution is -2.31. The van der Waals surface area contributed by atoms with Gasteiger partial charge >= 0.3 is 0 Å². The highest BCUT2D eigenvalue weighted by Gasteiger charge is 2.18. The molecule has 1 atom stereocenters. The number of anilines is 1. The summed E-state index contributed by atoms with van der Waals surface area (Å²) in [6.45, 7) is 5.25. The van der Waals surface area contributed by atoms with Crippen molar-refractivity contribution in [2.24, 2.45) is 11.8 Å². The summed E-state index contributed by atoms with van der Waals surface area (Å²) in [7, 11) is 1.54. The molecule has 8 heteroatoms. The second kappa shape index (κ2) is 10.6. The van der Waals surface area contributed by atoms with Crippen LogP contribution in [0.15, 0.2) is 18.2 Å². The molecule has 3 N–H and O–H groups in total. The molecule has 1 amide bonds. The van der Waals surface area contributed by atoms with E-state index in [2.05, 4.69) is 10.6 Å². The fourth-order valence-corrected chi connectivity index (χ4v) is 2.49. The van der Waals surface area contributed by atoms with E-state index in [1.165, 1.54) is 18.2 Å². The summed E-state index contributed by atoms with van der Waals surface area (Å²) in [5, 5.41) is 26.2. The Morgan fingerprint density at radius 2 is 2.12 bits per heavy atom. The van der Waals surface area contributed by atoms with Gasteiger partial charge in [-0.25, -0.2) is 0 Å². The van der Waals surface area contributed by atoms with E-state index < -0.39 is 10.8 Å². The van der Waals surface area contributed by atoms with Gasteiger partial charge in [0.25, 0.3) is 11.6 Å². The average Bonchev–Trinajstić information content (AvgIpc) is 2.58. The second-order valence-corrected chi connectivity index (χ2v) is 6.30. The number of amides is 1. The summed E-state index contributed by atoms with van der Waals surface area (Å²) in [5.74, 6) is -0.0183. The topological polar surface area (TPSA) is 114 Å². The molecule has 25 heavy (non-hydrogen) atoms. The van der Waals surface area contributed by atoms with Gasteiger partial charge in [0.2, 0.25) is 0 Å². The quantitative estimate of drug-likeness (QED) is 0.319. The molecule has 0 radical (unpaired) electrons. The number of benzene rings is 1. The molecule has 0 aliphatic heterocycles. The molecule has 0 aliphatic carbocycles. The van der Waals surface area contributed by atoms with Crippen molar-refractivity contribution in [3.05, 3.63) is 33.9 Å². The molecule has 0 fully saturated rings. The molecule has 0 aliphatic rings. The molecule has 1 aromatic carbocycles. The van der Waals surface area contributed by atoms with Crippen molar-refractivity contribution in [3.8, 4) is 0 Å². The van der Waals surface area contributed by atoms with Gasteiger partial charge in [0.1, 0.15) is 5.69 Å². The molecule has 1 aromatic rings. The fraction of sp³-hybridized carbons (Fsp3) is 0.588. The molecular weight excluding hydrogens is 326 g/mol. The van der Waals surface area contributed by atoms with Crippen LogP contribution < -0.4 is 10.6 Å². The van der Waals surface area contributed by atoms with Gasteiger partial charge in [0.15, 0.2) is 0 Å². The van der Waals surface area contributed by atoms with Crippen LogP contribution in [0.1, 0.15) is 30.6 Å². The molecule has 0 heterocycles. The first-order valence-electron chi connectivity index (χ1n) is 8.29. The van der Waals surface area contributed by atoms with E-state index in [0.29, 0.717) is 31.3 Å². The van der Waals surface area contributed by atoms with Crippen molar-refractivity contribution in [3.63, 3.8) is 0 Å². The Morgan fingerprint density at radius 3 is 2.68 bits per heavy atom. The number of ether oxygens (including phenoxy) is 1. The SMILES string of the molecule is COCCNc1ccc(C(=O)NC[C@H](CO)CC(C)C)cc1[N+](=O)[O-]. The molecule has 0 unspecified atom stereocenters. The number of carbonyl (C=O) groups is 1. The van der Waals surface area contributed by atoms with Gasteiger partial charge in [0, 0.05) is 38.4 Å². The fourth-order valence-electron chi connectivity index (χ4n) is 2.49. The Labute approximate surface area is 147 Å². The van der Waals surface area contributed by atoms with E-state index in [-0.39, 0.29) is 23.8 Å². The van der Waals surface area contributed by atoms with Crippen LogP contribution in [0.2, 0.25) is 0 Å². The predicted octanol–water partition coefficient (Wildman–Crippen LogP) is 2.04. The lowest BCUT2D eigenvalue weighted by molar-refractivity contribution is -0.384. The van der Waals surface area contributed by atoms with Crippen molar-refractivity contribution in [2.45, 2.75) is 20.3 Å². The highest BCUT2D eigenvalue weighted by molar-refractivity contribution is 5.95. The highest BCUT2D eigenvalue weighted by Crippen LogP contribution is 2.25. The van der Waals surface area contributed by atoms with E-state index >= 15 is 0 Å². The smallest absolute Gasteiger partial charge is 0.293 e.